The van der Waals surface area contributed by atoms with Crippen LogP contribution in [0, 0.1) is 5.41 Å². The third kappa shape index (κ3) is 11.1. The van der Waals surface area contributed by atoms with Crippen molar-refractivity contribution in [3.8, 4) is 0 Å². The molecule has 0 heterocycles. The smallest absolute Gasteiger partial charge is 0.00876 e. The van der Waals surface area contributed by atoms with Crippen molar-refractivity contribution < 1.29 is 0 Å². The van der Waals surface area contributed by atoms with E-state index in [1.165, 1.54) is 70.6 Å². The van der Waals surface area contributed by atoms with Crippen LogP contribution in [-0.2, 0) is 0 Å². The first-order valence-electron chi connectivity index (χ1n) is 8.24. The van der Waals surface area contributed by atoms with Crippen molar-refractivity contribution in [1.82, 2.24) is 0 Å². The van der Waals surface area contributed by atoms with Crippen LogP contribution in [0.5, 0.6) is 0 Å². The van der Waals surface area contributed by atoms with Crippen LogP contribution in [0.1, 0.15) is 98.3 Å². The summed E-state index contributed by atoms with van der Waals surface area (Å²) >= 11 is 0. The minimum Gasteiger partial charge on any atom is -0.327 e. The SMILES string of the molecule is CCCCCCCCCCCCC(N)C(C)(C)C. The zero-order chi connectivity index (χ0) is 13.9. The van der Waals surface area contributed by atoms with Gasteiger partial charge < -0.3 is 5.73 Å². The van der Waals surface area contributed by atoms with E-state index in [2.05, 4.69) is 27.7 Å². The topological polar surface area (TPSA) is 26.0 Å². The molecular formula is C17H37N. The average molecular weight is 255 g/mol. The predicted molar refractivity (Wildman–Crippen MR) is 83.9 cm³/mol. The first kappa shape index (κ1) is 18.0. The Balaban J connectivity index is 3.17. The van der Waals surface area contributed by atoms with Gasteiger partial charge in [-0.05, 0) is 11.8 Å². The second kappa shape index (κ2) is 10.8. The molecule has 0 aliphatic rings. The first-order chi connectivity index (χ1) is 8.48. The maximum Gasteiger partial charge on any atom is 0.00876 e. The lowest BCUT2D eigenvalue weighted by molar-refractivity contribution is 0.298. The predicted octanol–water partition coefficient (Wildman–Crippen LogP) is 5.67. The summed E-state index contributed by atoms with van der Waals surface area (Å²) in [5.41, 5.74) is 6.44. The molecule has 0 bridgehead atoms. The zero-order valence-corrected chi connectivity index (χ0v) is 13.4. The fraction of sp³-hybridized carbons (Fsp3) is 1.00. The maximum absolute atomic E-state index is 6.16. The van der Waals surface area contributed by atoms with Crippen molar-refractivity contribution in [2.24, 2.45) is 11.1 Å². The van der Waals surface area contributed by atoms with Gasteiger partial charge in [0.2, 0.25) is 0 Å². The normalized spacial score (nSPS) is 13.8. The van der Waals surface area contributed by atoms with Crippen LogP contribution in [0.15, 0.2) is 0 Å². The molecule has 0 aromatic rings. The van der Waals surface area contributed by atoms with E-state index in [0.29, 0.717) is 6.04 Å². The Morgan fingerprint density at radius 2 is 1.11 bits per heavy atom. The molecule has 0 spiro atoms. The second-order valence-corrected chi connectivity index (χ2v) is 6.94. The molecular weight excluding hydrogens is 218 g/mol. The van der Waals surface area contributed by atoms with Crippen molar-refractivity contribution in [1.29, 1.82) is 0 Å². The molecule has 1 nitrogen and oxygen atoms in total. The Hall–Kier alpha value is -0.0400. The third-order valence-electron chi connectivity index (χ3n) is 3.98. The molecule has 0 aromatic carbocycles. The lowest BCUT2D eigenvalue weighted by Crippen LogP contribution is -2.34. The van der Waals surface area contributed by atoms with Crippen molar-refractivity contribution in [2.45, 2.75) is 104 Å². The number of rotatable bonds is 11. The summed E-state index contributed by atoms with van der Waals surface area (Å²) < 4.78 is 0. The minimum absolute atomic E-state index is 0.277. The molecule has 0 aliphatic carbocycles. The van der Waals surface area contributed by atoms with Crippen LogP contribution in [-0.4, -0.2) is 6.04 Å². The molecule has 1 atom stereocenters. The molecule has 0 saturated heterocycles. The molecule has 0 aromatic heterocycles. The number of nitrogens with two attached hydrogens (primary N) is 1. The standard InChI is InChI=1S/C17H37N/c1-5-6-7-8-9-10-11-12-13-14-15-16(18)17(2,3)4/h16H,5-15,18H2,1-4H3. The van der Waals surface area contributed by atoms with Gasteiger partial charge in [0.1, 0.15) is 0 Å². The summed E-state index contributed by atoms with van der Waals surface area (Å²) in [7, 11) is 0. The Morgan fingerprint density at radius 1 is 0.722 bits per heavy atom. The van der Waals surface area contributed by atoms with E-state index in [0.717, 1.165) is 0 Å². The number of hydrogen-bond donors (Lipinski definition) is 1. The lowest BCUT2D eigenvalue weighted by atomic mass is 9.84. The van der Waals surface area contributed by atoms with Gasteiger partial charge in [-0.3, -0.25) is 0 Å². The van der Waals surface area contributed by atoms with E-state index in [1.807, 2.05) is 0 Å². The van der Waals surface area contributed by atoms with Crippen molar-refractivity contribution in [3.63, 3.8) is 0 Å². The van der Waals surface area contributed by atoms with Gasteiger partial charge in [0.05, 0.1) is 0 Å². The minimum atomic E-state index is 0.277. The first-order valence-corrected chi connectivity index (χ1v) is 8.24. The molecule has 0 saturated carbocycles. The summed E-state index contributed by atoms with van der Waals surface area (Å²) in [6, 6.07) is 0.367. The van der Waals surface area contributed by atoms with Crippen LogP contribution in [0.4, 0.5) is 0 Å². The molecule has 18 heavy (non-hydrogen) atoms. The molecule has 0 fully saturated rings. The Bertz CT molecular complexity index is 169. The molecule has 2 N–H and O–H groups in total. The Labute approximate surface area is 116 Å². The van der Waals surface area contributed by atoms with E-state index >= 15 is 0 Å². The zero-order valence-electron chi connectivity index (χ0n) is 13.4. The summed E-state index contributed by atoms with van der Waals surface area (Å²) in [6.07, 6.45) is 15.3. The fourth-order valence-electron chi connectivity index (χ4n) is 2.28. The maximum atomic E-state index is 6.16. The van der Waals surface area contributed by atoms with Gasteiger partial charge in [-0.2, -0.15) is 0 Å². The highest BCUT2D eigenvalue weighted by atomic mass is 14.7. The summed E-state index contributed by atoms with van der Waals surface area (Å²) in [5, 5.41) is 0. The molecule has 0 rings (SSSR count). The average Bonchev–Trinajstić information content (AvgIpc) is 2.30. The van der Waals surface area contributed by atoms with Crippen LogP contribution >= 0.6 is 0 Å². The van der Waals surface area contributed by atoms with Crippen LogP contribution < -0.4 is 5.73 Å². The van der Waals surface area contributed by atoms with Crippen LogP contribution in [0.2, 0.25) is 0 Å². The van der Waals surface area contributed by atoms with Crippen LogP contribution in [0.3, 0.4) is 0 Å². The van der Waals surface area contributed by atoms with Gasteiger partial charge in [-0.15, -0.1) is 0 Å². The second-order valence-electron chi connectivity index (χ2n) is 6.94. The molecule has 0 aliphatic heterocycles. The molecule has 1 unspecified atom stereocenters. The van der Waals surface area contributed by atoms with E-state index in [9.17, 15) is 0 Å². The largest absolute Gasteiger partial charge is 0.327 e. The number of hydrogen-bond acceptors (Lipinski definition) is 1. The van der Waals surface area contributed by atoms with Crippen molar-refractivity contribution >= 4 is 0 Å². The quantitative estimate of drug-likeness (QED) is 0.473. The van der Waals surface area contributed by atoms with Gasteiger partial charge in [0.15, 0.2) is 0 Å². The summed E-state index contributed by atoms with van der Waals surface area (Å²) in [5.74, 6) is 0. The Morgan fingerprint density at radius 3 is 1.50 bits per heavy atom. The third-order valence-corrected chi connectivity index (χ3v) is 3.98. The Kier molecular flexibility index (Phi) is 10.8. The van der Waals surface area contributed by atoms with E-state index in [1.54, 1.807) is 0 Å². The molecule has 0 radical (unpaired) electrons. The monoisotopic (exact) mass is 255 g/mol. The fourth-order valence-corrected chi connectivity index (χ4v) is 2.28. The lowest BCUT2D eigenvalue weighted by Gasteiger charge is -2.26. The summed E-state index contributed by atoms with van der Waals surface area (Å²) in [6.45, 7) is 9.01. The van der Waals surface area contributed by atoms with Crippen molar-refractivity contribution in [2.75, 3.05) is 0 Å². The van der Waals surface area contributed by atoms with E-state index < -0.39 is 0 Å². The van der Waals surface area contributed by atoms with Gasteiger partial charge in [-0.1, -0.05) is 91.9 Å². The number of unbranched alkanes of at least 4 members (excludes halogenated alkanes) is 9. The van der Waals surface area contributed by atoms with E-state index in [-0.39, 0.29) is 5.41 Å². The highest BCUT2D eigenvalue weighted by Gasteiger charge is 2.19. The van der Waals surface area contributed by atoms with Crippen LogP contribution in [0.25, 0.3) is 0 Å². The van der Waals surface area contributed by atoms with Gasteiger partial charge in [-0.25, -0.2) is 0 Å². The van der Waals surface area contributed by atoms with Gasteiger partial charge in [0.25, 0.3) is 0 Å². The molecule has 0 amide bonds. The van der Waals surface area contributed by atoms with E-state index in [4.69, 9.17) is 5.73 Å². The highest BCUT2D eigenvalue weighted by Crippen LogP contribution is 2.22. The van der Waals surface area contributed by atoms with Crippen molar-refractivity contribution in [3.05, 3.63) is 0 Å². The summed E-state index contributed by atoms with van der Waals surface area (Å²) in [4.78, 5) is 0. The highest BCUT2D eigenvalue weighted by molar-refractivity contribution is 4.76. The van der Waals surface area contributed by atoms with Gasteiger partial charge >= 0.3 is 0 Å². The molecule has 110 valence electrons. The van der Waals surface area contributed by atoms with Gasteiger partial charge in [0, 0.05) is 6.04 Å². The molecule has 1 heteroatoms.